The van der Waals surface area contributed by atoms with E-state index in [9.17, 15) is 4.39 Å². The fraction of sp³-hybridized carbons (Fsp3) is 0.0909. The number of ether oxygens (including phenoxy) is 1. The van der Waals surface area contributed by atoms with E-state index in [1.807, 2.05) is 11.4 Å². The van der Waals surface area contributed by atoms with E-state index in [2.05, 4.69) is 0 Å². The molecule has 0 N–H and O–H groups in total. The molecule has 2 heterocycles. The summed E-state index contributed by atoms with van der Waals surface area (Å²) in [5, 5.41) is 2.03. The zero-order valence-electron chi connectivity index (χ0n) is 7.29. The Bertz CT molecular complexity index is 490. The Morgan fingerprint density at radius 1 is 1.29 bits per heavy atom. The van der Waals surface area contributed by atoms with Crippen molar-refractivity contribution < 1.29 is 9.13 Å². The van der Waals surface area contributed by atoms with E-state index in [1.54, 1.807) is 17.4 Å². The van der Waals surface area contributed by atoms with Crippen LogP contribution in [0.3, 0.4) is 0 Å². The quantitative estimate of drug-likeness (QED) is 0.641. The number of hydrogen-bond acceptors (Lipinski definition) is 2. The molecule has 0 saturated carbocycles. The fourth-order valence-corrected chi connectivity index (χ4v) is 2.59. The van der Waals surface area contributed by atoms with Gasteiger partial charge in [-0.3, -0.25) is 0 Å². The van der Waals surface area contributed by atoms with Crippen LogP contribution in [0.4, 0.5) is 4.39 Å². The molecule has 0 atom stereocenters. The second-order valence-electron chi connectivity index (χ2n) is 3.20. The first-order valence-electron chi connectivity index (χ1n) is 4.34. The highest BCUT2D eigenvalue weighted by Gasteiger charge is 2.18. The summed E-state index contributed by atoms with van der Waals surface area (Å²) >= 11 is 1.67. The molecule has 3 rings (SSSR count). The number of benzene rings is 1. The van der Waals surface area contributed by atoms with Gasteiger partial charge in [0.15, 0.2) is 0 Å². The molecule has 0 amide bonds. The Kier molecular flexibility index (Phi) is 1.61. The van der Waals surface area contributed by atoms with Crippen molar-refractivity contribution >= 4 is 11.3 Å². The molecule has 1 aliphatic heterocycles. The summed E-state index contributed by atoms with van der Waals surface area (Å²) in [4.78, 5) is 1.20. The van der Waals surface area contributed by atoms with Crippen LogP contribution >= 0.6 is 11.3 Å². The van der Waals surface area contributed by atoms with E-state index in [0.29, 0.717) is 12.4 Å². The van der Waals surface area contributed by atoms with Gasteiger partial charge in [0.05, 0.1) is 0 Å². The van der Waals surface area contributed by atoms with Gasteiger partial charge in [0.25, 0.3) is 0 Å². The highest BCUT2D eigenvalue weighted by atomic mass is 32.1. The smallest absolute Gasteiger partial charge is 0.131 e. The number of hydrogen-bond donors (Lipinski definition) is 0. The molecule has 0 spiro atoms. The lowest BCUT2D eigenvalue weighted by atomic mass is 10.1. The molecule has 1 aromatic carbocycles. The van der Waals surface area contributed by atoms with Crippen molar-refractivity contribution in [1.82, 2.24) is 0 Å². The van der Waals surface area contributed by atoms with Gasteiger partial charge < -0.3 is 4.74 Å². The maximum absolute atomic E-state index is 12.9. The molecule has 1 aromatic heterocycles. The Balaban J connectivity index is 2.26. The maximum Gasteiger partial charge on any atom is 0.131 e. The average molecular weight is 206 g/mol. The third-order valence-electron chi connectivity index (χ3n) is 2.32. The molecule has 0 saturated heterocycles. The largest absolute Gasteiger partial charge is 0.488 e. The van der Waals surface area contributed by atoms with Gasteiger partial charge in [0.1, 0.15) is 18.2 Å². The van der Waals surface area contributed by atoms with Crippen molar-refractivity contribution in [2.45, 2.75) is 6.61 Å². The van der Waals surface area contributed by atoms with Crippen molar-refractivity contribution in [2.75, 3.05) is 0 Å². The second kappa shape index (κ2) is 2.82. The summed E-state index contributed by atoms with van der Waals surface area (Å²) in [5.41, 5.74) is 2.19. The van der Waals surface area contributed by atoms with Crippen LogP contribution in [0.15, 0.2) is 29.6 Å². The molecule has 0 fully saturated rings. The summed E-state index contributed by atoms with van der Waals surface area (Å²) in [6, 6.07) is 6.74. The number of halogens is 1. The predicted molar refractivity (Wildman–Crippen MR) is 54.0 cm³/mol. The summed E-state index contributed by atoms with van der Waals surface area (Å²) in [5.74, 6) is 0.406. The molecule has 1 nitrogen and oxygen atoms in total. The van der Waals surface area contributed by atoms with Gasteiger partial charge in [-0.15, -0.1) is 11.3 Å². The Morgan fingerprint density at radius 3 is 3.14 bits per heavy atom. The van der Waals surface area contributed by atoms with Gasteiger partial charge in [0.2, 0.25) is 0 Å². The first-order chi connectivity index (χ1) is 6.84. The Morgan fingerprint density at radius 2 is 2.21 bits per heavy atom. The third-order valence-corrected chi connectivity index (χ3v) is 3.31. The van der Waals surface area contributed by atoms with Crippen LogP contribution in [0, 0.1) is 5.82 Å². The van der Waals surface area contributed by atoms with Gasteiger partial charge in [-0.1, -0.05) is 0 Å². The molecule has 0 aliphatic carbocycles. The van der Waals surface area contributed by atoms with Gasteiger partial charge in [-0.05, 0) is 23.6 Å². The van der Waals surface area contributed by atoms with Crippen LogP contribution in [-0.2, 0) is 6.61 Å². The molecule has 14 heavy (non-hydrogen) atoms. The SMILES string of the molecule is Fc1ccc2c(c1)OCc1ccsc1-2. The lowest BCUT2D eigenvalue weighted by molar-refractivity contribution is 0.301. The molecule has 70 valence electrons. The minimum Gasteiger partial charge on any atom is -0.488 e. The normalized spacial score (nSPS) is 12.9. The number of fused-ring (bicyclic) bond motifs is 3. The number of thiophene rings is 1. The van der Waals surface area contributed by atoms with Crippen molar-refractivity contribution in [3.63, 3.8) is 0 Å². The standard InChI is InChI=1S/C11H7FOS/c12-8-1-2-9-10(5-8)13-6-7-3-4-14-11(7)9/h1-5H,6H2. The zero-order valence-corrected chi connectivity index (χ0v) is 8.10. The van der Waals surface area contributed by atoms with Crippen LogP contribution < -0.4 is 4.74 Å². The molecular weight excluding hydrogens is 199 g/mol. The van der Waals surface area contributed by atoms with E-state index in [-0.39, 0.29) is 5.82 Å². The Labute approximate surface area is 84.8 Å². The molecule has 0 unspecified atom stereocenters. The minimum atomic E-state index is -0.247. The summed E-state index contributed by atoms with van der Waals surface area (Å²) < 4.78 is 18.4. The summed E-state index contributed by atoms with van der Waals surface area (Å²) in [6.45, 7) is 0.551. The highest BCUT2D eigenvalue weighted by molar-refractivity contribution is 7.13. The predicted octanol–water partition coefficient (Wildman–Crippen LogP) is 3.45. The van der Waals surface area contributed by atoms with Crippen molar-refractivity contribution in [3.05, 3.63) is 41.0 Å². The second-order valence-corrected chi connectivity index (χ2v) is 4.12. The molecule has 0 radical (unpaired) electrons. The van der Waals surface area contributed by atoms with Crippen LogP contribution in [0.1, 0.15) is 5.56 Å². The fourth-order valence-electron chi connectivity index (χ4n) is 1.64. The maximum atomic E-state index is 12.9. The van der Waals surface area contributed by atoms with Crippen molar-refractivity contribution in [1.29, 1.82) is 0 Å². The van der Waals surface area contributed by atoms with Crippen molar-refractivity contribution in [3.8, 4) is 16.2 Å². The molecular formula is C11H7FOS. The van der Waals surface area contributed by atoms with E-state index < -0.39 is 0 Å². The average Bonchev–Trinajstić information content (AvgIpc) is 2.65. The van der Waals surface area contributed by atoms with Crippen LogP contribution in [0.2, 0.25) is 0 Å². The lowest BCUT2D eigenvalue weighted by Gasteiger charge is -2.17. The van der Waals surface area contributed by atoms with Gasteiger partial charge in [-0.2, -0.15) is 0 Å². The van der Waals surface area contributed by atoms with Gasteiger partial charge >= 0.3 is 0 Å². The first-order valence-corrected chi connectivity index (χ1v) is 5.21. The van der Waals surface area contributed by atoms with E-state index in [4.69, 9.17) is 4.74 Å². The van der Waals surface area contributed by atoms with Gasteiger partial charge in [0, 0.05) is 22.1 Å². The molecule has 1 aliphatic rings. The highest BCUT2D eigenvalue weighted by Crippen LogP contribution is 2.40. The summed E-state index contributed by atoms with van der Waals surface area (Å²) in [6.07, 6.45) is 0. The zero-order chi connectivity index (χ0) is 9.54. The molecule has 3 heteroatoms. The van der Waals surface area contributed by atoms with Crippen LogP contribution in [-0.4, -0.2) is 0 Å². The van der Waals surface area contributed by atoms with E-state index in [1.165, 1.54) is 22.6 Å². The first kappa shape index (κ1) is 8.00. The molecule has 2 aromatic rings. The summed E-state index contributed by atoms with van der Waals surface area (Å²) in [7, 11) is 0. The van der Waals surface area contributed by atoms with E-state index >= 15 is 0 Å². The van der Waals surface area contributed by atoms with Crippen LogP contribution in [0.25, 0.3) is 10.4 Å². The lowest BCUT2D eigenvalue weighted by Crippen LogP contribution is -2.02. The molecule has 0 bridgehead atoms. The monoisotopic (exact) mass is 206 g/mol. The Hall–Kier alpha value is -1.35. The van der Waals surface area contributed by atoms with E-state index in [0.717, 1.165) is 5.56 Å². The number of rotatable bonds is 0. The van der Waals surface area contributed by atoms with Gasteiger partial charge in [-0.25, -0.2) is 4.39 Å². The van der Waals surface area contributed by atoms with Crippen LogP contribution in [0.5, 0.6) is 5.75 Å². The topological polar surface area (TPSA) is 9.23 Å². The van der Waals surface area contributed by atoms with Crippen molar-refractivity contribution in [2.24, 2.45) is 0 Å². The third kappa shape index (κ3) is 1.06. The minimum absolute atomic E-state index is 0.247.